The zero-order valence-corrected chi connectivity index (χ0v) is 5.10. The maximum absolute atomic E-state index is 8.51. The van der Waals surface area contributed by atoms with E-state index in [2.05, 4.69) is 5.92 Å². The third kappa shape index (κ3) is 2.49. The molecule has 8 heavy (non-hydrogen) atoms. The first-order chi connectivity index (χ1) is 3.62. The first kappa shape index (κ1) is 7.32. The smallest absolute Gasteiger partial charge is 0.108 e. The number of hydrogen-bond donors (Lipinski definition) is 2. The Labute approximate surface area is 49.2 Å². The van der Waals surface area contributed by atoms with Gasteiger partial charge in [-0.2, -0.15) is 0 Å². The first-order valence-corrected chi connectivity index (χ1v) is 2.39. The van der Waals surface area contributed by atoms with Gasteiger partial charge in [-0.15, -0.1) is 0 Å². The van der Waals surface area contributed by atoms with Crippen LogP contribution < -0.4 is 0 Å². The van der Waals surface area contributed by atoms with Gasteiger partial charge in [0.15, 0.2) is 0 Å². The maximum Gasteiger partial charge on any atom is 0.108 e. The normalized spacial score (nSPS) is 9.88. The highest BCUT2D eigenvalue weighted by Gasteiger charge is 2.11. The van der Waals surface area contributed by atoms with E-state index in [1.807, 2.05) is 0 Å². The zero-order valence-electron chi connectivity index (χ0n) is 5.10. The van der Waals surface area contributed by atoms with Gasteiger partial charge in [-0.25, -0.2) is 0 Å². The van der Waals surface area contributed by atoms with Crippen LogP contribution in [0.3, 0.4) is 0 Å². The molecule has 0 fully saturated rings. The molecule has 0 aromatic carbocycles. The molecule has 0 radical (unpaired) electrons. The van der Waals surface area contributed by atoms with Crippen molar-refractivity contribution in [2.75, 3.05) is 6.61 Å². The lowest BCUT2D eigenvalue weighted by Crippen LogP contribution is -2.13. The molecule has 2 heteroatoms. The van der Waals surface area contributed by atoms with E-state index in [-0.39, 0.29) is 6.61 Å². The molecule has 0 aliphatic heterocycles. The molecule has 0 aromatic heterocycles. The van der Waals surface area contributed by atoms with Crippen LogP contribution in [0.5, 0.6) is 0 Å². The second-order valence-corrected chi connectivity index (χ2v) is 2.28. The molecule has 0 atom stereocenters. The van der Waals surface area contributed by atoms with Gasteiger partial charge in [0.05, 0.1) is 12.0 Å². The second kappa shape index (κ2) is 2.58. The molecule has 2 nitrogen and oxygen atoms in total. The summed E-state index contributed by atoms with van der Waals surface area (Å²) in [6.07, 6.45) is 1.75. The number of aliphatic hydroxyl groups is 2. The van der Waals surface area contributed by atoms with Crippen LogP contribution in [0.25, 0.3) is 0 Å². The van der Waals surface area contributed by atoms with Crippen LogP contribution in [-0.2, 0) is 0 Å². The van der Waals surface area contributed by atoms with Crippen LogP contribution in [0.15, 0.2) is 0 Å². The highest BCUT2D eigenvalue weighted by atomic mass is 16.3. The molecular formula is C6H10O2. The fourth-order valence-electron chi connectivity index (χ4n) is 0.191. The molecule has 0 aliphatic carbocycles. The highest BCUT2D eigenvalue weighted by molar-refractivity contribution is 5.03. The van der Waals surface area contributed by atoms with Crippen LogP contribution in [0.2, 0.25) is 0 Å². The predicted molar refractivity (Wildman–Crippen MR) is 30.6 cm³/mol. The minimum atomic E-state index is -0.464. The Morgan fingerprint density at radius 3 is 2.12 bits per heavy atom. The van der Waals surface area contributed by atoms with Gasteiger partial charge in [-0.05, 0) is 13.8 Å². The van der Waals surface area contributed by atoms with Gasteiger partial charge < -0.3 is 10.2 Å². The lowest BCUT2D eigenvalue weighted by atomic mass is 9.97. The Bertz CT molecular complexity index is 116. The standard InChI is InChI=1S/C6H10O2/c1-6(2,5-8)3-4-7/h7-8H,5H2,1-2H3. The molecule has 0 bridgehead atoms. The van der Waals surface area contributed by atoms with Crippen LogP contribution in [-0.4, -0.2) is 16.8 Å². The summed E-state index contributed by atoms with van der Waals surface area (Å²) in [5, 5.41) is 16.6. The fraction of sp³-hybridized carbons (Fsp3) is 0.667. The molecule has 0 rings (SSSR count). The van der Waals surface area contributed by atoms with Crippen LogP contribution in [0, 0.1) is 17.4 Å². The van der Waals surface area contributed by atoms with Gasteiger partial charge in [-0.3, -0.25) is 0 Å². The van der Waals surface area contributed by atoms with Gasteiger partial charge in [0, 0.05) is 0 Å². The van der Waals surface area contributed by atoms with E-state index in [9.17, 15) is 0 Å². The minimum absolute atomic E-state index is 0.0272. The maximum atomic E-state index is 8.51. The Balaban J connectivity index is 3.85. The van der Waals surface area contributed by atoms with Crippen molar-refractivity contribution in [1.82, 2.24) is 0 Å². The lowest BCUT2D eigenvalue weighted by Gasteiger charge is -2.10. The van der Waals surface area contributed by atoms with Crippen molar-refractivity contribution >= 4 is 0 Å². The van der Waals surface area contributed by atoms with Gasteiger partial charge >= 0.3 is 0 Å². The quantitative estimate of drug-likeness (QED) is 0.482. The average Bonchev–Trinajstić information content (AvgIpc) is 1.67. The summed E-state index contributed by atoms with van der Waals surface area (Å²) in [5.41, 5.74) is -0.464. The van der Waals surface area contributed by atoms with Gasteiger partial charge in [0.25, 0.3) is 0 Å². The van der Waals surface area contributed by atoms with E-state index in [1.165, 1.54) is 0 Å². The average molecular weight is 114 g/mol. The molecule has 0 aliphatic rings. The van der Waals surface area contributed by atoms with E-state index in [1.54, 1.807) is 20.0 Å². The zero-order chi connectivity index (χ0) is 6.62. The van der Waals surface area contributed by atoms with Gasteiger partial charge in [-0.1, -0.05) is 5.92 Å². The van der Waals surface area contributed by atoms with E-state index >= 15 is 0 Å². The van der Waals surface area contributed by atoms with Crippen molar-refractivity contribution in [3.63, 3.8) is 0 Å². The molecular weight excluding hydrogens is 104 g/mol. The summed E-state index contributed by atoms with van der Waals surface area (Å²) >= 11 is 0. The molecule has 0 unspecified atom stereocenters. The van der Waals surface area contributed by atoms with Crippen LogP contribution in [0.1, 0.15) is 13.8 Å². The third-order valence-corrected chi connectivity index (χ3v) is 0.790. The van der Waals surface area contributed by atoms with Crippen LogP contribution >= 0.6 is 0 Å². The van der Waals surface area contributed by atoms with Crippen molar-refractivity contribution in [3.05, 3.63) is 0 Å². The second-order valence-electron chi connectivity index (χ2n) is 2.28. The molecule has 0 saturated carbocycles. The lowest BCUT2D eigenvalue weighted by molar-refractivity contribution is 0.206. The molecule has 0 saturated heterocycles. The summed E-state index contributed by atoms with van der Waals surface area (Å²) < 4.78 is 0. The van der Waals surface area contributed by atoms with E-state index in [0.717, 1.165) is 0 Å². The Kier molecular flexibility index (Phi) is 2.36. The first-order valence-electron chi connectivity index (χ1n) is 2.39. The number of hydrogen-bond acceptors (Lipinski definition) is 2. The van der Waals surface area contributed by atoms with Crippen LogP contribution in [0.4, 0.5) is 0 Å². The minimum Gasteiger partial charge on any atom is -0.462 e. The number of rotatable bonds is 1. The molecule has 46 valence electrons. The molecule has 0 heterocycles. The van der Waals surface area contributed by atoms with Crippen molar-refractivity contribution in [1.29, 1.82) is 0 Å². The SMILES string of the molecule is CC(C)(C#CO)CO. The highest BCUT2D eigenvalue weighted by Crippen LogP contribution is 2.09. The molecule has 0 spiro atoms. The van der Waals surface area contributed by atoms with Gasteiger partial charge in [0.2, 0.25) is 0 Å². The topological polar surface area (TPSA) is 40.5 Å². The molecule has 0 amide bonds. The van der Waals surface area contributed by atoms with E-state index in [4.69, 9.17) is 10.2 Å². The third-order valence-electron chi connectivity index (χ3n) is 0.790. The molecule has 0 aromatic rings. The Morgan fingerprint density at radius 2 is 2.00 bits per heavy atom. The number of aliphatic hydroxyl groups excluding tert-OH is 2. The predicted octanol–water partition coefficient (Wildman–Crippen LogP) is 0.338. The van der Waals surface area contributed by atoms with E-state index in [0.29, 0.717) is 0 Å². The van der Waals surface area contributed by atoms with Crippen molar-refractivity contribution < 1.29 is 10.2 Å². The van der Waals surface area contributed by atoms with Crippen molar-refractivity contribution in [2.45, 2.75) is 13.8 Å². The largest absolute Gasteiger partial charge is 0.462 e. The van der Waals surface area contributed by atoms with Crippen molar-refractivity contribution in [2.24, 2.45) is 5.41 Å². The molecule has 2 N–H and O–H groups in total. The Morgan fingerprint density at radius 1 is 1.50 bits per heavy atom. The monoisotopic (exact) mass is 114 g/mol. The fourth-order valence-corrected chi connectivity index (χ4v) is 0.191. The summed E-state index contributed by atoms with van der Waals surface area (Å²) in [4.78, 5) is 0. The van der Waals surface area contributed by atoms with E-state index < -0.39 is 5.41 Å². The summed E-state index contributed by atoms with van der Waals surface area (Å²) in [5.74, 6) is 2.43. The van der Waals surface area contributed by atoms with Crippen molar-refractivity contribution in [3.8, 4) is 12.0 Å². The van der Waals surface area contributed by atoms with Gasteiger partial charge in [0.1, 0.15) is 6.11 Å². The Hall–Kier alpha value is -0.680. The summed E-state index contributed by atoms with van der Waals surface area (Å²) in [6, 6.07) is 0. The summed E-state index contributed by atoms with van der Waals surface area (Å²) in [7, 11) is 0. The summed E-state index contributed by atoms with van der Waals surface area (Å²) in [6.45, 7) is 3.47.